The van der Waals surface area contributed by atoms with Gasteiger partial charge in [0.25, 0.3) is 0 Å². The van der Waals surface area contributed by atoms with Crippen molar-refractivity contribution in [1.29, 1.82) is 0 Å². The maximum Gasteiger partial charge on any atom is 0.223 e. The number of carbonyl (C=O) groups excluding carboxylic acids is 1. The summed E-state index contributed by atoms with van der Waals surface area (Å²) in [4.78, 5) is 14.3. The molecule has 4 heteroatoms. The van der Waals surface area contributed by atoms with Crippen LogP contribution in [0.15, 0.2) is 0 Å². The summed E-state index contributed by atoms with van der Waals surface area (Å²) in [5, 5.41) is 9.29. The summed E-state index contributed by atoms with van der Waals surface area (Å²) >= 11 is 0. The average molecular weight is 254 g/mol. The minimum Gasteiger partial charge on any atom is -0.394 e. The molecule has 1 amide bonds. The largest absolute Gasteiger partial charge is 0.394 e. The van der Waals surface area contributed by atoms with Gasteiger partial charge in [-0.05, 0) is 37.6 Å². The van der Waals surface area contributed by atoms with Gasteiger partial charge >= 0.3 is 0 Å². The zero-order valence-corrected chi connectivity index (χ0v) is 11.2. The highest BCUT2D eigenvalue weighted by Gasteiger charge is 2.36. The number of nitrogens with zero attached hydrogens (tertiary/aromatic N) is 1. The van der Waals surface area contributed by atoms with E-state index in [9.17, 15) is 9.90 Å². The van der Waals surface area contributed by atoms with Crippen LogP contribution in [0.5, 0.6) is 0 Å². The first kappa shape index (κ1) is 13.8. The summed E-state index contributed by atoms with van der Waals surface area (Å²) in [7, 11) is 0. The van der Waals surface area contributed by atoms with Crippen molar-refractivity contribution in [2.45, 2.75) is 57.4 Å². The summed E-state index contributed by atoms with van der Waals surface area (Å²) < 4.78 is 0. The SMILES string of the molecule is NCC1(CC(=O)N2CCC[C@H]2CO)CCCCC1. The number of aliphatic hydroxyl groups is 1. The molecule has 1 aliphatic carbocycles. The summed E-state index contributed by atoms with van der Waals surface area (Å²) in [6.07, 6.45) is 8.41. The van der Waals surface area contributed by atoms with Crippen LogP contribution >= 0.6 is 0 Å². The van der Waals surface area contributed by atoms with Gasteiger partial charge in [0.1, 0.15) is 0 Å². The van der Waals surface area contributed by atoms with Crippen molar-refractivity contribution in [2.75, 3.05) is 19.7 Å². The maximum absolute atomic E-state index is 12.4. The Morgan fingerprint density at radius 1 is 1.28 bits per heavy atom. The molecule has 1 saturated carbocycles. The Morgan fingerprint density at radius 2 is 2.00 bits per heavy atom. The fourth-order valence-electron chi connectivity index (χ4n) is 3.53. The van der Waals surface area contributed by atoms with Crippen LogP contribution < -0.4 is 5.73 Å². The second kappa shape index (κ2) is 6.02. The van der Waals surface area contributed by atoms with Crippen LogP contribution in [0.25, 0.3) is 0 Å². The maximum atomic E-state index is 12.4. The van der Waals surface area contributed by atoms with Gasteiger partial charge in [-0.3, -0.25) is 4.79 Å². The second-order valence-corrected chi connectivity index (χ2v) is 6.01. The van der Waals surface area contributed by atoms with E-state index in [0.29, 0.717) is 13.0 Å². The smallest absolute Gasteiger partial charge is 0.223 e. The van der Waals surface area contributed by atoms with Crippen LogP contribution in [0.4, 0.5) is 0 Å². The van der Waals surface area contributed by atoms with Crippen molar-refractivity contribution in [3.05, 3.63) is 0 Å². The lowest BCUT2D eigenvalue weighted by molar-refractivity contribution is -0.135. The van der Waals surface area contributed by atoms with Gasteiger partial charge in [-0.2, -0.15) is 0 Å². The third-order valence-electron chi connectivity index (χ3n) is 4.78. The monoisotopic (exact) mass is 254 g/mol. The third-order valence-corrected chi connectivity index (χ3v) is 4.78. The van der Waals surface area contributed by atoms with Gasteiger partial charge in [-0.1, -0.05) is 19.3 Å². The lowest BCUT2D eigenvalue weighted by atomic mass is 9.71. The Balaban J connectivity index is 1.96. The van der Waals surface area contributed by atoms with Gasteiger partial charge in [0.2, 0.25) is 5.91 Å². The molecule has 1 heterocycles. The Morgan fingerprint density at radius 3 is 2.61 bits per heavy atom. The second-order valence-electron chi connectivity index (χ2n) is 6.01. The molecule has 0 aromatic carbocycles. The van der Waals surface area contributed by atoms with E-state index in [-0.39, 0.29) is 24.0 Å². The predicted molar refractivity (Wildman–Crippen MR) is 71.0 cm³/mol. The third kappa shape index (κ3) is 2.86. The number of nitrogens with two attached hydrogens (primary N) is 1. The van der Waals surface area contributed by atoms with Crippen LogP contribution in [0.3, 0.4) is 0 Å². The van der Waals surface area contributed by atoms with E-state index in [1.807, 2.05) is 4.90 Å². The molecule has 104 valence electrons. The molecule has 0 bridgehead atoms. The highest BCUT2D eigenvalue weighted by atomic mass is 16.3. The molecule has 0 radical (unpaired) electrons. The highest BCUT2D eigenvalue weighted by Crippen LogP contribution is 2.39. The molecule has 3 N–H and O–H groups in total. The molecule has 1 aliphatic heterocycles. The van der Waals surface area contributed by atoms with Crippen molar-refractivity contribution in [1.82, 2.24) is 4.90 Å². The quantitative estimate of drug-likeness (QED) is 0.794. The number of hydrogen-bond acceptors (Lipinski definition) is 3. The summed E-state index contributed by atoms with van der Waals surface area (Å²) in [6.45, 7) is 1.53. The van der Waals surface area contributed by atoms with Crippen molar-refractivity contribution >= 4 is 5.91 Å². The van der Waals surface area contributed by atoms with Gasteiger partial charge in [0.15, 0.2) is 0 Å². The first-order chi connectivity index (χ1) is 8.71. The van der Waals surface area contributed by atoms with Gasteiger partial charge < -0.3 is 15.7 Å². The molecule has 1 saturated heterocycles. The van der Waals surface area contributed by atoms with E-state index in [0.717, 1.165) is 32.2 Å². The standard InChI is InChI=1S/C14H26N2O2/c15-11-14(6-2-1-3-7-14)9-13(18)16-8-4-5-12(16)10-17/h12,17H,1-11,15H2/t12-/m0/s1. The van der Waals surface area contributed by atoms with E-state index < -0.39 is 0 Å². The molecule has 0 aromatic rings. The van der Waals surface area contributed by atoms with E-state index in [1.54, 1.807) is 0 Å². The van der Waals surface area contributed by atoms with Crippen LogP contribution in [0.2, 0.25) is 0 Å². The topological polar surface area (TPSA) is 66.6 Å². The number of likely N-dealkylation sites (tertiary alicyclic amines) is 1. The van der Waals surface area contributed by atoms with Crippen LogP contribution in [-0.2, 0) is 4.79 Å². The summed E-state index contributed by atoms with van der Waals surface area (Å²) in [6, 6.07) is 0.0518. The van der Waals surface area contributed by atoms with Crippen molar-refractivity contribution in [3.8, 4) is 0 Å². The van der Waals surface area contributed by atoms with Crippen LogP contribution in [0.1, 0.15) is 51.4 Å². The van der Waals surface area contributed by atoms with Crippen molar-refractivity contribution in [3.63, 3.8) is 0 Å². The highest BCUT2D eigenvalue weighted by molar-refractivity contribution is 5.77. The summed E-state index contributed by atoms with van der Waals surface area (Å²) in [5.74, 6) is 0.207. The molecule has 1 atom stereocenters. The Kier molecular flexibility index (Phi) is 4.62. The molecule has 0 spiro atoms. The lowest BCUT2D eigenvalue weighted by Gasteiger charge is -2.37. The summed E-state index contributed by atoms with van der Waals surface area (Å²) in [5.41, 5.74) is 5.97. The van der Waals surface area contributed by atoms with Gasteiger partial charge in [0.05, 0.1) is 12.6 Å². The molecular formula is C14H26N2O2. The molecule has 2 rings (SSSR count). The van der Waals surface area contributed by atoms with E-state index in [2.05, 4.69) is 0 Å². The molecular weight excluding hydrogens is 228 g/mol. The first-order valence-corrected chi connectivity index (χ1v) is 7.31. The normalized spacial score (nSPS) is 27.4. The molecule has 18 heavy (non-hydrogen) atoms. The van der Waals surface area contributed by atoms with Gasteiger partial charge in [-0.15, -0.1) is 0 Å². The fourth-order valence-corrected chi connectivity index (χ4v) is 3.53. The molecule has 2 fully saturated rings. The van der Waals surface area contributed by atoms with Crippen molar-refractivity contribution < 1.29 is 9.90 Å². The molecule has 0 unspecified atom stereocenters. The number of carbonyl (C=O) groups is 1. The van der Waals surface area contributed by atoms with Crippen molar-refractivity contribution in [2.24, 2.45) is 11.1 Å². The number of aliphatic hydroxyl groups excluding tert-OH is 1. The first-order valence-electron chi connectivity index (χ1n) is 7.31. The van der Waals surface area contributed by atoms with E-state index in [1.165, 1.54) is 19.3 Å². The predicted octanol–water partition coefficient (Wildman–Crippen LogP) is 1.27. The van der Waals surface area contributed by atoms with Crippen LogP contribution in [0, 0.1) is 5.41 Å². The van der Waals surface area contributed by atoms with Gasteiger partial charge in [0, 0.05) is 13.0 Å². The minimum atomic E-state index is 0.0396. The fraction of sp³-hybridized carbons (Fsp3) is 0.929. The van der Waals surface area contributed by atoms with E-state index in [4.69, 9.17) is 5.73 Å². The van der Waals surface area contributed by atoms with E-state index >= 15 is 0 Å². The number of amides is 1. The Bertz CT molecular complexity index is 288. The minimum absolute atomic E-state index is 0.0396. The Hall–Kier alpha value is -0.610. The van der Waals surface area contributed by atoms with Crippen LogP contribution in [-0.4, -0.2) is 41.7 Å². The zero-order valence-electron chi connectivity index (χ0n) is 11.2. The van der Waals surface area contributed by atoms with Gasteiger partial charge in [-0.25, -0.2) is 0 Å². The zero-order chi connectivity index (χ0) is 13.0. The average Bonchev–Trinajstić information content (AvgIpc) is 2.88. The Labute approximate surface area is 110 Å². The number of hydrogen-bond donors (Lipinski definition) is 2. The molecule has 0 aromatic heterocycles. The molecule has 4 nitrogen and oxygen atoms in total. The lowest BCUT2D eigenvalue weighted by Crippen LogP contribution is -2.43. The number of rotatable bonds is 4. The molecule has 2 aliphatic rings.